The molecule has 4 aromatic rings. The Hall–Kier alpha value is -3.52. The fraction of sp³-hybridized carbons (Fsp3) is 0.200. The van der Waals surface area contributed by atoms with Gasteiger partial charge in [0.05, 0.1) is 0 Å². The molecule has 0 saturated carbocycles. The third-order valence-corrected chi connectivity index (χ3v) is 6.38. The lowest BCUT2D eigenvalue weighted by Crippen LogP contribution is -2.18. The number of hydrogen-bond acceptors (Lipinski definition) is 2. The molecule has 4 rings (SSSR count). The van der Waals surface area contributed by atoms with Crippen molar-refractivity contribution in [2.75, 3.05) is 0 Å². The van der Waals surface area contributed by atoms with Crippen molar-refractivity contribution < 1.29 is 9.78 Å². The second-order valence-electron chi connectivity index (χ2n) is 9.20. The molecule has 2 nitrogen and oxygen atoms in total. The molecule has 0 bridgehead atoms. The monoisotopic (exact) mass is 422 g/mol. The quantitative estimate of drug-likeness (QED) is 0.224. The first-order chi connectivity index (χ1) is 15.4. The minimum atomic E-state index is -0.0813. The Morgan fingerprint density at radius 3 is 0.969 bits per heavy atom. The number of benzene rings is 4. The molecule has 4 aromatic carbocycles. The molecule has 162 valence electrons. The van der Waals surface area contributed by atoms with E-state index in [-0.39, 0.29) is 10.8 Å². The van der Waals surface area contributed by atoms with Gasteiger partial charge >= 0.3 is 0 Å². The third kappa shape index (κ3) is 4.55. The van der Waals surface area contributed by atoms with Crippen LogP contribution in [-0.2, 0) is 10.8 Å². The molecule has 32 heavy (non-hydrogen) atoms. The number of hydrogen-bond donors (Lipinski definition) is 0. The second-order valence-corrected chi connectivity index (χ2v) is 9.20. The van der Waals surface area contributed by atoms with Crippen LogP contribution in [0.3, 0.4) is 0 Å². The Bertz CT molecular complexity index is 1030. The van der Waals surface area contributed by atoms with E-state index >= 15 is 0 Å². The summed E-state index contributed by atoms with van der Waals surface area (Å²) in [5.41, 5.74) is 4.85. The Kier molecular flexibility index (Phi) is 6.05. The van der Waals surface area contributed by atoms with Crippen LogP contribution in [0, 0.1) is 0 Å². The maximum atomic E-state index is 5.58. The lowest BCUT2D eigenvalue weighted by molar-refractivity contribution is -0.0999. The van der Waals surface area contributed by atoms with Gasteiger partial charge in [0.2, 0.25) is 0 Å². The molecule has 0 heterocycles. The zero-order valence-electron chi connectivity index (χ0n) is 19.2. The highest BCUT2D eigenvalue weighted by atomic mass is 17.2. The van der Waals surface area contributed by atoms with Gasteiger partial charge in [-0.2, -0.15) is 0 Å². The van der Waals surface area contributed by atoms with E-state index in [1.165, 1.54) is 22.3 Å². The van der Waals surface area contributed by atoms with Crippen LogP contribution in [0.25, 0.3) is 0 Å². The third-order valence-electron chi connectivity index (χ3n) is 6.38. The van der Waals surface area contributed by atoms with Gasteiger partial charge in [0.1, 0.15) is 0 Å². The van der Waals surface area contributed by atoms with Gasteiger partial charge in [0.25, 0.3) is 0 Å². The van der Waals surface area contributed by atoms with Crippen LogP contribution in [0.1, 0.15) is 49.9 Å². The van der Waals surface area contributed by atoms with E-state index in [1.807, 2.05) is 36.4 Å². The molecule has 0 amide bonds. The molecule has 0 radical (unpaired) electrons. The van der Waals surface area contributed by atoms with Crippen LogP contribution in [0.2, 0.25) is 0 Å². The van der Waals surface area contributed by atoms with Crippen molar-refractivity contribution in [3.05, 3.63) is 131 Å². The molecule has 0 aliphatic heterocycles. The fourth-order valence-corrected chi connectivity index (χ4v) is 3.99. The summed E-state index contributed by atoms with van der Waals surface area (Å²) in [4.78, 5) is 11.2. The summed E-state index contributed by atoms with van der Waals surface area (Å²) in [7, 11) is 0. The van der Waals surface area contributed by atoms with Gasteiger partial charge in [0.15, 0.2) is 11.5 Å². The molecule has 0 spiro atoms. The summed E-state index contributed by atoms with van der Waals surface area (Å²) < 4.78 is 0. The standard InChI is InChI=1S/C30H30O2/c1-29(2,23-11-7-5-8-12-23)25-15-19-27(20-16-25)31-32-28-21-17-26(18-22-28)30(3,4)24-13-9-6-10-14-24/h5-22H,1-4H3. The van der Waals surface area contributed by atoms with E-state index in [2.05, 4.69) is 100 Å². The van der Waals surface area contributed by atoms with Crippen LogP contribution >= 0.6 is 0 Å². The van der Waals surface area contributed by atoms with E-state index < -0.39 is 0 Å². The fourth-order valence-electron chi connectivity index (χ4n) is 3.99. The summed E-state index contributed by atoms with van der Waals surface area (Å²) in [5, 5.41) is 0. The molecule has 0 aromatic heterocycles. The van der Waals surface area contributed by atoms with Gasteiger partial charge in [0, 0.05) is 10.8 Å². The Morgan fingerprint density at radius 2 is 0.656 bits per heavy atom. The van der Waals surface area contributed by atoms with Gasteiger partial charge < -0.3 is 0 Å². The topological polar surface area (TPSA) is 18.5 Å². The van der Waals surface area contributed by atoms with Gasteiger partial charge in [-0.25, -0.2) is 0 Å². The molecule has 0 atom stereocenters. The van der Waals surface area contributed by atoms with Crippen molar-refractivity contribution >= 4 is 0 Å². The maximum absolute atomic E-state index is 5.58. The second kappa shape index (κ2) is 8.92. The zero-order chi connectivity index (χ0) is 22.6. The Labute approximate surface area is 191 Å². The van der Waals surface area contributed by atoms with Crippen LogP contribution in [0.5, 0.6) is 11.5 Å². The number of rotatable bonds is 7. The summed E-state index contributed by atoms with van der Waals surface area (Å²) >= 11 is 0. The van der Waals surface area contributed by atoms with Crippen molar-refractivity contribution in [1.82, 2.24) is 0 Å². The average Bonchev–Trinajstić information content (AvgIpc) is 2.84. The van der Waals surface area contributed by atoms with Gasteiger partial charge in [-0.1, -0.05) is 113 Å². The molecule has 2 heteroatoms. The molecule has 0 unspecified atom stereocenters. The SMILES string of the molecule is CC(C)(c1ccccc1)c1ccc(OOc2ccc(C(C)(C)c3ccccc3)cc2)cc1. The molecule has 0 saturated heterocycles. The summed E-state index contributed by atoms with van der Waals surface area (Å²) in [6.07, 6.45) is 0. The molecule has 0 fully saturated rings. The Morgan fingerprint density at radius 1 is 0.375 bits per heavy atom. The highest BCUT2D eigenvalue weighted by molar-refractivity contribution is 5.41. The molecular formula is C30H30O2. The minimum Gasteiger partial charge on any atom is -0.290 e. The lowest BCUT2D eigenvalue weighted by atomic mass is 9.78. The van der Waals surface area contributed by atoms with Gasteiger partial charge in [-0.3, -0.25) is 9.78 Å². The minimum absolute atomic E-state index is 0.0813. The van der Waals surface area contributed by atoms with E-state index in [0.29, 0.717) is 11.5 Å². The molecular weight excluding hydrogens is 392 g/mol. The molecule has 0 aliphatic carbocycles. The highest BCUT2D eigenvalue weighted by Crippen LogP contribution is 2.33. The maximum Gasteiger partial charge on any atom is 0.178 e. The van der Waals surface area contributed by atoms with Crippen LogP contribution in [0.15, 0.2) is 109 Å². The van der Waals surface area contributed by atoms with Crippen molar-refractivity contribution in [1.29, 1.82) is 0 Å². The first-order valence-corrected chi connectivity index (χ1v) is 11.0. The average molecular weight is 423 g/mol. The van der Waals surface area contributed by atoms with Gasteiger partial charge in [-0.15, -0.1) is 0 Å². The first-order valence-electron chi connectivity index (χ1n) is 11.0. The van der Waals surface area contributed by atoms with E-state index in [0.717, 1.165) is 0 Å². The van der Waals surface area contributed by atoms with E-state index in [4.69, 9.17) is 9.78 Å². The Balaban J connectivity index is 1.41. The van der Waals surface area contributed by atoms with Crippen molar-refractivity contribution in [3.63, 3.8) is 0 Å². The summed E-state index contributed by atoms with van der Waals surface area (Å²) in [6.45, 7) is 8.92. The summed E-state index contributed by atoms with van der Waals surface area (Å²) in [5.74, 6) is 1.35. The van der Waals surface area contributed by atoms with Crippen molar-refractivity contribution in [3.8, 4) is 11.5 Å². The smallest absolute Gasteiger partial charge is 0.178 e. The molecule has 0 aliphatic rings. The van der Waals surface area contributed by atoms with E-state index in [1.54, 1.807) is 0 Å². The van der Waals surface area contributed by atoms with Gasteiger partial charge in [-0.05, 0) is 46.5 Å². The predicted octanol–water partition coefficient (Wildman–Crippen LogP) is 7.71. The van der Waals surface area contributed by atoms with Crippen molar-refractivity contribution in [2.45, 2.75) is 38.5 Å². The highest BCUT2D eigenvalue weighted by Gasteiger charge is 2.23. The van der Waals surface area contributed by atoms with E-state index in [9.17, 15) is 0 Å². The van der Waals surface area contributed by atoms with Crippen molar-refractivity contribution in [2.24, 2.45) is 0 Å². The first kappa shape index (κ1) is 21.7. The van der Waals surface area contributed by atoms with Crippen LogP contribution in [-0.4, -0.2) is 0 Å². The predicted molar refractivity (Wildman–Crippen MR) is 131 cm³/mol. The summed E-state index contributed by atoms with van der Waals surface area (Å²) in [6, 6.07) is 37.2. The lowest BCUT2D eigenvalue weighted by Gasteiger charge is -2.26. The zero-order valence-corrected chi connectivity index (χ0v) is 19.2. The normalized spacial score (nSPS) is 11.8. The van der Waals surface area contributed by atoms with Crippen LogP contribution < -0.4 is 9.78 Å². The molecule has 0 N–H and O–H groups in total. The largest absolute Gasteiger partial charge is 0.290 e. The van der Waals surface area contributed by atoms with Crippen LogP contribution in [0.4, 0.5) is 0 Å².